The summed E-state index contributed by atoms with van der Waals surface area (Å²) >= 11 is 1.82. The molecule has 0 aliphatic heterocycles. The van der Waals surface area contributed by atoms with Crippen molar-refractivity contribution in [3.8, 4) is 56.2 Å². The van der Waals surface area contributed by atoms with E-state index in [1.807, 2.05) is 35.6 Å². The molecule has 0 saturated carbocycles. The van der Waals surface area contributed by atoms with Gasteiger partial charge in [0, 0.05) is 47.6 Å². The van der Waals surface area contributed by atoms with E-state index in [4.69, 9.17) is 14.4 Å². The van der Waals surface area contributed by atoms with Crippen LogP contribution in [0.5, 0.6) is 0 Å². The van der Waals surface area contributed by atoms with E-state index in [-0.39, 0.29) is 0 Å². The van der Waals surface area contributed by atoms with Crippen LogP contribution in [0.4, 0.5) is 0 Å². The lowest BCUT2D eigenvalue weighted by Gasteiger charge is -2.11. The van der Waals surface area contributed by atoms with E-state index in [1.165, 1.54) is 42.4 Å². The number of rotatable bonds is 5. The summed E-state index contributed by atoms with van der Waals surface area (Å²) in [5.74, 6) is 0.705. The summed E-state index contributed by atoms with van der Waals surface area (Å²) in [6, 6.07) is 59.6. The third-order valence-corrected chi connectivity index (χ3v) is 10.6. The number of hydrogen-bond acceptors (Lipinski definition) is 4. The minimum Gasteiger partial charge on any atom is -0.456 e. The monoisotopic (exact) mass is 656 g/mol. The molecule has 4 heteroatoms. The molecule has 10 rings (SSSR count). The van der Waals surface area contributed by atoms with Gasteiger partial charge in [0.2, 0.25) is 0 Å². The first-order chi connectivity index (χ1) is 24.7. The Morgan fingerprint density at radius 2 is 1.00 bits per heavy atom. The minimum absolute atomic E-state index is 0.705. The molecule has 0 radical (unpaired) electrons. The zero-order valence-electron chi connectivity index (χ0n) is 26.9. The van der Waals surface area contributed by atoms with Gasteiger partial charge in [0.25, 0.3) is 0 Å². The highest BCUT2D eigenvalue weighted by Crippen LogP contribution is 2.42. The van der Waals surface area contributed by atoms with Gasteiger partial charge in [0.05, 0.1) is 11.4 Å². The zero-order valence-corrected chi connectivity index (χ0v) is 27.7. The van der Waals surface area contributed by atoms with Gasteiger partial charge in [-0.2, -0.15) is 0 Å². The number of nitrogens with zero attached hydrogens (tertiary/aromatic N) is 2. The van der Waals surface area contributed by atoms with Crippen molar-refractivity contribution in [2.45, 2.75) is 0 Å². The third-order valence-electron chi connectivity index (χ3n) is 9.51. The first kappa shape index (κ1) is 28.6. The summed E-state index contributed by atoms with van der Waals surface area (Å²) < 4.78 is 8.72. The lowest BCUT2D eigenvalue weighted by atomic mass is 9.98. The number of para-hydroxylation sites is 1. The average Bonchev–Trinajstić information content (AvgIpc) is 3.76. The number of fused-ring (bicyclic) bond motifs is 6. The molecule has 0 N–H and O–H groups in total. The van der Waals surface area contributed by atoms with Crippen molar-refractivity contribution in [2.75, 3.05) is 0 Å². The van der Waals surface area contributed by atoms with Crippen LogP contribution in [0.15, 0.2) is 174 Å². The maximum Gasteiger partial charge on any atom is 0.161 e. The molecule has 0 aliphatic carbocycles. The highest BCUT2D eigenvalue weighted by molar-refractivity contribution is 7.26. The standard InChI is InChI=1S/C46H28N2OS/c1-3-11-29(12-4-1)31-15-9-16-32(25-31)33-21-24-37-44(27-33)50-43-20-10-18-38(45(37)43)46-47-39(30-13-5-2-6-14-30)28-40(48-46)34-22-23-36-35-17-7-8-19-41(35)49-42(36)26-34/h1-28H. The molecule has 50 heavy (non-hydrogen) atoms. The van der Waals surface area contributed by atoms with Crippen LogP contribution in [0.25, 0.3) is 98.3 Å². The fourth-order valence-corrected chi connectivity index (χ4v) is 8.23. The van der Waals surface area contributed by atoms with Crippen LogP contribution < -0.4 is 0 Å². The van der Waals surface area contributed by atoms with Crippen LogP contribution in [0.3, 0.4) is 0 Å². The van der Waals surface area contributed by atoms with Gasteiger partial charge in [-0.1, -0.05) is 127 Å². The van der Waals surface area contributed by atoms with Crippen LogP contribution in [0, 0.1) is 0 Å². The number of furan rings is 1. The largest absolute Gasteiger partial charge is 0.456 e. The third kappa shape index (κ3) is 4.89. The molecule has 3 aromatic heterocycles. The topological polar surface area (TPSA) is 38.9 Å². The Kier molecular flexibility index (Phi) is 6.68. The molecule has 0 atom stereocenters. The molecular weight excluding hydrogens is 629 g/mol. The summed E-state index contributed by atoms with van der Waals surface area (Å²) in [5.41, 5.74) is 11.4. The predicted octanol–water partition coefficient (Wildman–Crippen LogP) is 13.1. The molecule has 10 aromatic rings. The summed E-state index contributed by atoms with van der Waals surface area (Å²) in [4.78, 5) is 10.5. The molecule has 0 unspecified atom stereocenters. The summed E-state index contributed by atoms with van der Waals surface area (Å²) in [6.07, 6.45) is 0. The maximum atomic E-state index is 6.27. The van der Waals surface area contributed by atoms with Crippen molar-refractivity contribution in [3.63, 3.8) is 0 Å². The predicted molar refractivity (Wildman–Crippen MR) is 209 cm³/mol. The highest BCUT2D eigenvalue weighted by atomic mass is 32.1. The van der Waals surface area contributed by atoms with Gasteiger partial charge in [-0.15, -0.1) is 11.3 Å². The van der Waals surface area contributed by atoms with Crippen LogP contribution in [-0.2, 0) is 0 Å². The number of hydrogen-bond donors (Lipinski definition) is 0. The molecule has 0 saturated heterocycles. The summed E-state index contributed by atoms with van der Waals surface area (Å²) in [6.45, 7) is 0. The molecule has 0 spiro atoms. The van der Waals surface area contributed by atoms with E-state index in [0.717, 1.165) is 50.0 Å². The smallest absolute Gasteiger partial charge is 0.161 e. The molecule has 3 heterocycles. The fraction of sp³-hybridized carbons (Fsp3) is 0. The van der Waals surface area contributed by atoms with Gasteiger partial charge in [-0.05, 0) is 64.7 Å². The van der Waals surface area contributed by atoms with Gasteiger partial charge in [0.15, 0.2) is 5.82 Å². The first-order valence-corrected chi connectivity index (χ1v) is 17.5. The first-order valence-electron chi connectivity index (χ1n) is 16.7. The van der Waals surface area contributed by atoms with Crippen molar-refractivity contribution in [3.05, 3.63) is 170 Å². The second-order valence-electron chi connectivity index (χ2n) is 12.6. The van der Waals surface area contributed by atoms with Gasteiger partial charge in [-0.3, -0.25) is 0 Å². The molecule has 234 valence electrons. The second kappa shape index (κ2) is 11.7. The Morgan fingerprint density at radius 3 is 1.84 bits per heavy atom. The van der Waals surface area contributed by atoms with Crippen LogP contribution >= 0.6 is 11.3 Å². The molecule has 0 bridgehead atoms. The molecule has 3 nitrogen and oxygen atoms in total. The Morgan fingerprint density at radius 1 is 0.380 bits per heavy atom. The van der Waals surface area contributed by atoms with E-state index < -0.39 is 0 Å². The van der Waals surface area contributed by atoms with Gasteiger partial charge in [-0.25, -0.2) is 9.97 Å². The minimum atomic E-state index is 0.705. The lowest BCUT2D eigenvalue weighted by Crippen LogP contribution is -1.96. The van der Waals surface area contributed by atoms with Gasteiger partial charge >= 0.3 is 0 Å². The Hall–Kier alpha value is -6.36. The van der Waals surface area contributed by atoms with Crippen molar-refractivity contribution >= 4 is 53.4 Å². The quantitative estimate of drug-likeness (QED) is 0.185. The van der Waals surface area contributed by atoms with Crippen molar-refractivity contribution in [1.29, 1.82) is 0 Å². The van der Waals surface area contributed by atoms with Gasteiger partial charge < -0.3 is 4.42 Å². The molecule has 7 aromatic carbocycles. The Bertz CT molecular complexity index is 2870. The van der Waals surface area contributed by atoms with Crippen LogP contribution in [0.2, 0.25) is 0 Å². The maximum absolute atomic E-state index is 6.27. The number of aromatic nitrogens is 2. The Labute approximate surface area is 292 Å². The van der Waals surface area contributed by atoms with Crippen molar-refractivity contribution in [2.24, 2.45) is 0 Å². The van der Waals surface area contributed by atoms with E-state index in [1.54, 1.807) is 0 Å². The van der Waals surface area contributed by atoms with Crippen molar-refractivity contribution in [1.82, 2.24) is 9.97 Å². The van der Waals surface area contributed by atoms with E-state index in [2.05, 4.69) is 146 Å². The second-order valence-corrected chi connectivity index (χ2v) is 13.7. The summed E-state index contributed by atoms with van der Waals surface area (Å²) in [5, 5.41) is 4.61. The van der Waals surface area contributed by atoms with E-state index in [0.29, 0.717) is 5.82 Å². The highest BCUT2D eigenvalue weighted by Gasteiger charge is 2.17. The van der Waals surface area contributed by atoms with Crippen LogP contribution in [0.1, 0.15) is 0 Å². The SMILES string of the molecule is c1ccc(-c2cccc(-c3ccc4c(c3)sc3cccc(-c5nc(-c6ccccc6)cc(-c6ccc7c(c6)oc6ccccc67)n5)c34)c2)cc1. The lowest BCUT2D eigenvalue weighted by molar-refractivity contribution is 0.669. The molecule has 0 amide bonds. The Balaban J connectivity index is 1.12. The zero-order chi connectivity index (χ0) is 33.0. The molecular formula is C46H28N2OS. The van der Waals surface area contributed by atoms with Gasteiger partial charge in [0.1, 0.15) is 11.2 Å². The molecule has 0 fully saturated rings. The fourth-order valence-electron chi connectivity index (χ4n) is 7.06. The summed E-state index contributed by atoms with van der Waals surface area (Å²) in [7, 11) is 0. The van der Waals surface area contributed by atoms with Crippen molar-refractivity contribution < 1.29 is 4.42 Å². The van der Waals surface area contributed by atoms with E-state index >= 15 is 0 Å². The van der Waals surface area contributed by atoms with E-state index in [9.17, 15) is 0 Å². The average molecular weight is 657 g/mol. The number of thiophene rings is 1. The normalized spacial score (nSPS) is 11.6. The molecule has 0 aliphatic rings. The van der Waals surface area contributed by atoms with Crippen LogP contribution in [-0.4, -0.2) is 9.97 Å². The number of benzene rings is 7.